The topological polar surface area (TPSA) is 79.0 Å². The number of hydrogen-bond acceptors (Lipinski definition) is 3. The van der Waals surface area contributed by atoms with E-state index in [2.05, 4.69) is 10.3 Å². The molecule has 0 radical (unpaired) electrons. The van der Waals surface area contributed by atoms with E-state index in [-0.39, 0.29) is 22.0 Å². The molecule has 0 bridgehead atoms. The van der Waals surface area contributed by atoms with E-state index in [1.165, 1.54) is 6.92 Å². The molecular formula is C12H8ClF3N2O3S. The van der Waals surface area contributed by atoms with E-state index >= 15 is 0 Å². The molecule has 2 aromatic rings. The van der Waals surface area contributed by atoms with Gasteiger partial charge in [-0.3, -0.25) is 4.79 Å². The van der Waals surface area contributed by atoms with Gasteiger partial charge in [0.15, 0.2) is 17.5 Å². The van der Waals surface area contributed by atoms with Gasteiger partial charge < -0.3 is 10.3 Å². The summed E-state index contributed by atoms with van der Waals surface area (Å²) < 4.78 is 61.4. The lowest BCUT2D eigenvalue weighted by Gasteiger charge is -2.05. The number of aromatic nitrogens is 1. The smallest absolute Gasteiger partial charge is 0.272 e. The standard InChI is InChI=1S/C12H8ClF3N2O3S/c1-5-10(22(13,20)21)4-9(17-5)12(19)18-6-2-7(14)11(16)8(15)3-6/h2-4,17H,1H3,(H,18,19). The number of carbonyl (C=O) groups is 1. The minimum Gasteiger partial charge on any atom is -0.353 e. The number of aryl methyl sites for hydroxylation is 1. The van der Waals surface area contributed by atoms with Crippen LogP contribution in [0, 0.1) is 24.4 Å². The summed E-state index contributed by atoms with van der Waals surface area (Å²) in [6.07, 6.45) is 0. The lowest BCUT2D eigenvalue weighted by molar-refractivity contribution is 0.102. The Kier molecular flexibility index (Phi) is 4.21. The highest BCUT2D eigenvalue weighted by molar-refractivity contribution is 8.13. The molecule has 10 heteroatoms. The van der Waals surface area contributed by atoms with Crippen LogP contribution in [0.3, 0.4) is 0 Å². The maximum atomic E-state index is 13.0. The van der Waals surface area contributed by atoms with Crippen LogP contribution in [0.1, 0.15) is 16.2 Å². The molecule has 5 nitrogen and oxygen atoms in total. The quantitative estimate of drug-likeness (QED) is 0.658. The molecule has 0 atom stereocenters. The summed E-state index contributed by atoms with van der Waals surface area (Å²) in [6, 6.07) is 2.15. The number of hydrogen-bond donors (Lipinski definition) is 2. The fraction of sp³-hybridized carbons (Fsp3) is 0.0833. The molecule has 1 amide bonds. The maximum Gasteiger partial charge on any atom is 0.272 e. The van der Waals surface area contributed by atoms with Crippen LogP contribution in [0.15, 0.2) is 23.1 Å². The van der Waals surface area contributed by atoms with Gasteiger partial charge in [-0.05, 0) is 13.0 Å². The molecule has 0 aliphatic heterocycles. The van der Waals surface area contributed by atoms with Crippen LogP contribution in [-0.4, -0.2) is 19.3 Å². The van der Waals surface area contributed by atoms with Crippen LogP contribution in [0.25, 0.3) is 0 Å². The van der Waals surface area contributed by atoms with Gasteiger partial charge in [-0.2, -0.15) is 0 Å². The van der Waals surface area contributed by atoms with Crippen LogP contribution in [-0.2, 0) is 9.05 Å². The van der Waals surface area contributed by atoms with E-state index < -0.39 is 32.4 Å². The molecule has 0 fully saturated rings. The van der Waals surface area contributed by atoms with Crippen molar-refractivity contribution in [1.29, 1.82) is 0 Å². The minimum atomic E-state index is -4.05. The third-order valence-electron chi connectivity index (χ3n) is 2.72. The van der Waals surface area contributed by atoms with E-state index in [0.29, 0.717) is 12.1 Å². The van der Waals surface area contributed by atoms with Crippen molar-refractivity contribution in [3.8, 4) is 0 Å². The van der Waals surface area contributed by atoms with E-state index in [1.54, 1.807) is 0 Å². The molecule has 1 aromatic carbocycles. The number of nitrogens with one attached hydrogen (secondary N) is 2. The fourth-order valence-electron chi connectivity index (χ4n) is 1.74. The normalized spacial score (nSPS) is 11.5. The molecule has 0 spiro atoms. The third kappa shape index (κ3) is 3.25. The Balaban J connectivity index is 2.31. The zero-order chi connectivity index (χ0) is 16.7. The molecule has 22 heavy (non-hydrogen) atoms. The van der Waals surface area contributed by atoms with E-state index in [0.717, 1.165) is 6.07 Å². The first kappa shape index (κ1) is 16.4. The first-order valence-corrected chi connectivity index (χ1v) is 8.00. The Bertz CT molecular complexity index is 841. The van der Waals surface area contributed by atoms with Gasteiger partial charge in [0.2, 0.25) is 0 Å². The number of rotatable bonds is 3. The first-order valence-electron chi connectivity index (χ1n) is 5.69. The highest BCUT2D eigenvalue weighted by Gasteiger charge is 2.20. The summed E-state index contributed by atoms with van der Waals surface area (Å²) in [5.41, 5.74) is -0.401. The van der Waals surface area contributed by atoms with Crippen molar-refractivity contribution >= 4 is 31.3 Å². The van der Waals surface area contributed by atoms with Gasteiger partial charge in [-0.15, -0.1) is 0 Å². The number of benzene rings is 1. The second kappa shape index (κ2) is 5.65. The number of anilines is 1. The van der Waals surface area contributed by atoms with Crippen LogP contribution in [0.4, 0.5) is 18.9 Å². The van der Waals surface area contributed by atoms with Gasteiger partial charge >= 0.3 is 0 Å². The molecule has 2 rings (SSSR count). The van der Waals surface area contributed by atoms with Gasteiger partial charge in [-0.1, -0.05) is 0 Å². The lowest BCUT2D eigenvalue weighted by Crippen LogP contribution is -2.13. The van der Waals surface area contributed by atoms with E-state index in [4.69, 9.17) is 10.7 Å². The minimum absolute atomic E-state index is 0.122. The Labute approximate surface area is 127 Å². The number of aromatic amines is 1. The van der Waals surface area contributed by atoms with Crippen molar-refractivity contribution in [2.75, 3.05) is 5.32 Å². The van der Waals surface area contributed by atoms with Gasteiger partial charge in [-0.25, -0.2) is 21.6 Å². The zero-order valence-electron chi connectivity index (χ0n) is 10.9. The predicted octanol–water partition coefficient (Wildman–Crippen LogP) is 2.92. The van der Waals surface area contributed by atoms with Crippen LogP contribution < -0.4 is 5.32 Å². The van der Waals surface area contributed by atoms with Crippen molar-refractivity contribution in [2.45, 2.75) is 11.8 Å². The second-order valence-corrected chi connectivity index (χ2v) is 6.85. The van der Waals surface area contributed by atoms with Crippen LogP contribution >= 0.6 is 10.7 Å². The van der Waals surface area contributed by atoms with E-state index in [9.17, 15) is 26.4 Å². The Morgan fingerprint density at radius 3 is 2.18 bits per heavy atom. The Morgan fingerprint density at radius 2 is 1.73 bits per heavy atom. The van der Waals surface area contributed by atoms with Gasteiger partial charge in [0, 0.05) is 34.2 Å². The summed E-state index contributed by atoms with van der Waals surface area (Å²) in [5.74, 6) is -5.48. The van der Waals surface area contributed by atoms with E-state index in [1.807, 2.05) is 0 Å². The van der Waals surface area contributed by atoms with Gasteiger partial charge in [0.25, 0.3) is 15.0 Å². The molecule has 118 valence electrons. The van der Waals surface area contributed by atoms with Crippen molar-refractivity contribution in [3.63, 3.8) is 0 Å². The Hall–Kier alpha value is -2.00. The van der Waals surface area contributed by atoms with Gasteiger partial charge in [0.05, 0.1) is 0 Å². The van der Waals surface area contributed by atoms with Crippen molar-refractivity contribution in [2.24, 2.45) is 0 Å². The molecular weight excluding hydrogens is 345 g/mol. The molecule has 0 aliphatic carbocycles. The molecule has 0 saturated heterocycles. The maximum absolute atomic E-state index is 13.0. The largest absolute Gasteiger partial charge is 0.353 e. The van der Waals surface area contributed by atoms with Crippen LogP contribution in [0.2, 0.25) is 0 Å². The highest BCUT2D eigenvalue weighted by atomic mass is 35.7. The average molecular weight is 353 g/mol. The molecule has 1 heterocycles. The zero-order valence-corrected chi connectivity index (χ0v) is 12.4. The van der Waals surface area contributed by atoms with Crippen molar-refractivity contribution in [1.82, 2.24) is 4.98 Å². The summed E-state index contributed by atoms with van der Waals surface area (Å²) in [4.78, 5) is 14.1. The molecule has 0 saturated carbocycles. The average Bonchev–Trinajstić information content (AvgIpc) is 2.78. The molecule has 1 aromatic heterocycles. The van der Waals surface area contributed by atoms with Crippen molar-refractivity contribution < 1.29 is 26.4 Å². The second-order valence-electron chi connectivity index (χ2n) is 4.32. The Morgan fingerprint density at radius 1 is 1.18 bits per heavy atom. The highest BCUT2D eigenvalue weighted by Crippen LogP contribution is 2.22. The fourth-order valence-corrected chi connectivity index (χ4v) is 2.90. The first-order chi connectivity index (χ1) is 10.1. The summed E-state index contributed by atoms with van der Waals surface area (Å²) in [5, 5.41) is 2.10. The summed E-state index contributed by atoms with van der Waals surface area (Å²) in [6.45, 7) is 1.38. The molecule has 0 unspecified atom stereocenters. The molecule has 2 N–H and O–H groups in total. The lowest BCUT2D eigenvalue weighted by atomic mass is 10.2. The number of H-pyrrole nitrogens is 1. The van der Waals surface area contributed by atoms with Crippen LogP contribution in [0.5, 0.6) is 0 Å². The monoisotopic (exact) mass is 352 g/mol. The number of carbonyl (C=O) groups excluding carboxylic acids is 1. The summed E-state index contributed by atoms with van der Waals surface area (Å²) >= 11 is 0. The number of amides is 1. The number of halogens is 4. The molecule has 0 aliphatic rings. The van der Waals surface area contributed by atoms with Gasteiger partial charge in [0.1, 0.15) is 10.6 Å². The summed E-state index contributed by atoms with van der Waals surface area (Å²) in [7, 11) is 1.13. The van der Waals surface area contributed by atoms with Crippen molar-refractivity contribution in [3.05, 3.63) is 47.0 Å². The SMILES string of the molecule is Cc1[nH]c(C(=O)Nc2cc(F)c(F)c(F)c2)cc1S(=O)(=O)Cl. The predicted molar refractivity (Wildman–Crippen MR) is 72.8 cm³/mol. The third-order valence-corrected chi connectivity index (χ3v) is 4.16.